The van der Waals surface area contributed by atoms with Crippen LogP contribution in [0.2, 0.25) is 5.02 Å². The predicted octanol–water partition coefficient (Wildman–Crippen LogP) is 2.46. The van der Waals surface area contributed by atoms with Gasteiger partial charge in [0.25, 0.3) is 11.4 Å². The predicted molar refractivity (Wildman–Crippen MR) is 49.5 cm³/mol. The summed E-state index contributed by atoms with van der Waals surface area (Å²) in [6.07, 6.45) is 0. The summed E-state index contributed by atoms with van der Waals surface area (Å²) >= 11 is 5.49. The maximum atomic E-state index is 10.4. The molecule has 0 spiro atoms. The molecule has 14 heavy (non-hydrogen) atoms. The molecule has 74 valence electrons. The Morgan fingerprint density at radius 3 is 1.79 bits per heavy atom. The molecule has 0 atom stereocenters. The topological polar surface area (TPSA) is 86.3 Å². The van der Waals surface area contributed by atoms with Crippen LogP contribution in [0.15, 0.2) is 12.1 Å². The molecule has 0 aliphatic carbocycles. The largest absolute Gasteiger partial charge is 0.295 e. The summed E-state index contributed by atoms with van der Waals surface area (Å²) in [6, 6.07) is 2.38. The molecule has 7 heteroatoms. The molecule has 0 unspecified atom stereocenters. The molecule has 0 aliphatic rings. The van der Waals surface area contributed by atoms with Crippen LogP contribution in [-0.4, -0.2) is 9.85 Å². The lowest BCUT2D eigenvalue weighted by atomic mass is 10.2. The molecular weight excluding hydrogens is 212 g/mol. The molecule has 0 aliphatic heterocycles. The van der Waals surface area contributed by atoms with Crippen molar-refractivity contribution in [3.63, 3.8) is 0 Å². The molecule has 0 saturated heterocycles. The molecule has 0 heterocycles. The molecule has 1 aromatic rings. The Morgan fingerprint density at radius 2 is 1.50 bits per heavy atom. The van der Waals surface area contributed by atoms with E-state index in [-0.39, 0.29) is 0 Å². The van der Waals surface area contributed by atoms with E-state index in [1.54, 1.807) is 0 Å². The highest BCUT2D eigenvalue weighted by Gasteiger charge is 2.23. The van der Waals surface area contributed by atoms with E-state index in [1.165, 1.54) is 19.1 Å². The first-order chi connectivity index (χ1) is 6.43. The minimum Gasteiger partial charge on any atom is -0.258 e. The first kappa shape index (κ1) is 10.4. The maximum Gasteiger partial charge on any atom is 0.295 e. The molecule has 0 bridgehead atoms. The van der Waals surface area contributed by atoms with Crippen molar-refractivity contribution in [2.45, 2.75) is 6.92 Å². The lowest BCUT2D eigenvalue weighted by Gasteiger charge is -1.98. The standard InChI is InChI=1S/C7H5ClN2O4/c1-4-2-5(9(11)12)7(8)6(3-4)10(13)14/h2-3H,1H3. The third-order valence-electron chi connectivity index (χ3n) is 1.57. The minimum absolute atomic E-state index is 0.424. The van der Waals surface area contributed by atoms with Gasteiger partial charge < -0.3 is 0 Å². The summed E-state index contributed by atoms with van der Waals surface area (Å²) in [5.41, 5.74) is -0.468. The second kappa shape index (κ2) is 3.59. The number of nitro groups is 2. The van der Waals surface area contributed by atoms with Gasteiger partial charge in [-0.05, 0) is 12.5 Å². The van der Waals surface area contributed by atoms with Gasteiger partial charge in [-0.3, -0.25) is 20.2 Å². The average Bonchev–Trinajstić information content (AvgIpc) is 2.07. The summed E-state index contributed by atoms with van der Waals surface area (Å²) in [4.78, 5) is 19.4. The Morgan fingerprint density at radius 1 is 1.14 bits per heavy atom. The van der Waals surface area contributed by atoms with Crippen LogP contribution in [0.4, 0.5) is 11.4 Å². The van der Waals surface area contributed by atoms with Gasteiger partial charge in [0.1, 0.15) is 0 Å². The highest BCUT2D eigenvalue weighted by atomic mass is 35.5. The smallest absolute Gasteiger partial charge is 0.258 e. The fourth-order valence-corrected chi connectivity index (χ4v) is 1.24. The first-order valence-electron chi connectivity index (χ1n) is 3.52. The van der Waals surface area contributed by atoms with Crippen molar-refractivity contribution in [2.24, 2.45) is 0 Å². The van der Waals surface area contributed by atoms with Crippen LogP contribution >= 0.6 is 11.6 Å². The summed E-state index contributed by atoms with van der Waals surface area (Å²) in [5, 5.41) is 20.5. The first-order valence-corrected chi connectivity index (χ1v) is 3.90. The van der Waals surface area contributed by atoms with E-state index in [1.807, 2.05) is 0 Å². The number of rotatable bonds is 2. The number of hydrogen-bond donors (Lipinski definition) is 0. The van der Waals surface area contributed by atoms with E-state index in [2.05, 4.69) is 0 Å². The van der Waals surface area contributed by atoms with Crippen molar-refractivity contribution in [3.05, 3.63) is 42.9 Å². The normalized spacial score (nSPS) is 9.86. The SMILES string of the molecule is Cc1cc([N+](=O)[O-])c(Cl)c([N+](=O)[O-])c1. The Balaban J connectivity index is 3.47. The van der Waals surface area contributed by atoms with Crippen LogP contribution in [0.25, 0.3) is 0 Å². The summed E-state index contributed by atoms with van der Waals surface area (Å²) in [7, 11) is 0. The van der Waals surface area contributed by atoms with Gasteiger partial charge in [0.05, 0.1) is 9.85 Å². The monoisotopic (exact) mass is 216 g/mol. The zero-order valence-electron chi connectivity index (χ0n) is 7.06. The zero-order chi connectivity index (χ0) is 10.9. The van der Waals surface area contributed by atoms with E-state index in [9.17, 15) is 20.2 Å². The molecular formula is C7H5ClN2O4. The Bertz CT molecular complexity index is 383. The molecule has 0 aromatic heterocycles. The Kier molecular flexibility index (Phi) is 2.66. The quantitative estimate of drug-likeness (QED) is 0.561. The van der Waals surface area contributed by atoms with Crippen molar-refractivity contribution in [3.8, 4) is 0 Å². The van der Waals surface area contributed by atoms with Gasteiger partial charge in [-0.1, -0.05) is 11.6 Å². The average molecular weight is 217 g/mol. The minimum atomic E-state index is -0.748. The van der Waals surface area contributed by atoms with E-state index < -0.39 is 26.2 Å². The van der Waals surface area contributed by atoms with Crippen molar-refractivity contribution < 1.29 is 9.85 Å². The molecule has 0 amide bonds. The van der Waals surface area contributed by atoms with Gasteiger partial charge in [0.2, 0.25) is 0 Å². The van der Waals surface area contributed by atoms with Crippen LogP contribution in [-0.2, 0) is 0 Å². The maximum absolute atomic E-state index is 10.4. The van der Waals surface area contributed by atoms with Crippen LogP contribution in [0.3, 0.4) is 0 Å². The van der Waals surface area contributed by atoms with Crippen LogP contribution in [0.5, 0.6) is 0 Å². The zero-order valence-corrected chi connectivity index (χ0v) is 7.82. The van der Waals surface area contributed by atoms with Crippen molar-refractivity contribution in [2.75, 3.05) is 0 Å². The fraction of sp³-hybridized carbons (Fsp3) is 0.143. The number of nitrogens with zero attached hydrogens (tertiary/aromatic N) is 2. The van der Waals surface area contributed by atoms with E-state index in [0.717, 1.165) is 0 Å². The van der Waals surface area contributed by atoms with Gasteiger partial charge in [0.15, 0.2) is 5.02 Å². The Hall–Kier alpha value is -1.69. The summed E-state index contributed by atoms with van der Waals surface area (Å²) < 4.78 is 0. The Labute approximate surface area is 83.4 Å². The highest BCUT2D eigenvalue weighted by Crippen LogP contribution is 2.34. The van der Waals surface area contributed by atoms with E-state index in [4.69, 9.17) is 11.6 Å². The van der Waals surface area contributed by atoms with Crippen LogP contribution < -0.4 is 0 Å². The number of hydrogen-bond acceptors (Lipinski definition) is 4. The van der Waals surface area contributed by atoms with Gasteiger partial charge in [0, 0.05) is 12.1 Å². The van der Waals surface area contributed by atoms with Crippen molar-refractivity contribution >= 4 is 23.0 Å². The molecule has 0 N–H and O–H groups in total. The van der Waals surface area contributed by atoms with Gasteiger partial charge in [-0.2, -0.15) is 0 Å². The van der Waals surface area contributed by atoms with Crippen LogP contribution in [0, 0.1) is 27.2 Å². The molecule has 1 rings (SSSR count). The number of benzene rings is 1. The van der Waals surface area contributed by atoms with Gasteiger partial charge >= 0.3 is 0 Å². The number of aryl methyl sites for hydroxylation is 1. The molecule has 0 radical (unpaired) electrons. The highest BCUT2D eigenvalue weighted by molar-refractivity contribution is 6.34. The van der Waals surface area contributed by atoms with Crippen molar-refractivity contribution in [1.82, 2.24) is 0 Å². The second-order valence-corrected chi connectivity index (χ2v) is 3.01. The van der Waals surface area contributed by atoms with Gasteiger partial charge in [-0.15, -0.1) is 0 Å². The van der Waals surface area contributed by atoms with E-state index >= 15 is 0 Å². The molecule has 0 saturated carbocycles. The van der Waals surface area contributed by atoms with Crippen molar-refractivity contribution in [1.29, 1.82) is 0 Å². The number of halogens is 1. The fourth-order valence-electron chi connectivity index (χ4n) is 0.997. The third-order valence-corrected chi connectivity index (χ3v) is 1.96. The lowest BCUT2D eigenvalue weighted by Crippen LogP contribution is -1.95. The van der Waals surface area contributed by atoms with E-state index in [0.29, 0.717) is 5.56 Å². The molecule has 6 nitrogen and oxygen atoms in total. The summed E-state index contributed by atoms with van der Waals surface area (Å²) in [6.45, 7) is 1.52. The second-order valence-electron chi connectivity index (χ2n) is 2.63. The molecule has 1 aromatic carbocycles. The molecule has 0 fully saturated rings. The summed E-state index contributed by atoms with van der Waals surface area (Å²) in [5.74, 6) is 0. The lowest BCUT2D eigenvalue weighted by molar-refractivity contribution is -0.394. The third kappa shape index (κ3) is 1.80. The van der Waals surface area contributed by atoms with Crippen LogP contribution in [0.1, 0.15) is 5.56 Å². The number of nitro benzene ring substituents is 2. The van der Waals surface area contributed by atoms with Gasteiger partial charge in [-0.25, -0.2) is 0 Å².